The Hall–Kier alpha value is -1.26. The Labute approximate surface area is 193 Å². The Kier molecular flexibility index (Phi) is 11.9. The number of ether oxygens (including phenoxy) is 1. The van der Waals surface area contributed by atoms with Crippen LogP contribution in [0.1, 0.15) is 53.4 Å². The predicted molar refractivity (Wildman–Crippen MR) is 128 cm³/mol. The van der Waals surface area contributed by atoms with Crippen molar-refractivity contribution in [3.63, 3.8) is 0 Å². The average Bonchev–Trinajstić information content (AvgIpc) is 3.08. The summed E-state index contributed by atoms with van der Waals surface area (Å²) < 4.78 is 5.42. The summed E-state index contributed by atoms with van der Waals surface area (Å²) in [6.45, 7) is 9.68. The van der Waals surface area contributed by atoms with Gasteiger partial charge in [0.15, 0.2) is 5.96 Å². The van der Waals surface area contributed by atoms with Gasteiger partial charge in [0.25, 0.3) is 0 Å². The molecule has 2 amide bonds. The molecule has 0 aliphatic heterocycles. The van der Waals surface area contributed by atoms with E-state index in [0.29, 0.717) is 32.1 Å². The number of carbonyl (C=O) groups is 2. The van der Waals surface area contributed by atoms with Crippen LogP contribution in [0.2, 0.25) is 0 Å². The predicted octanol–water partition coefficient (Wildman–Crippen LogP) is 2.68. The fourth-order valence-corrected chi connectivity index (χ4v) is 3.48. The third kappa shape index (κ3) is 8.96. The maximum Gasteiger partial charge on any atom is 0.410 e. The lowest BCUT2D eigenvalue weighted by molar-refractivity contribution is -0.138. The number of nitrogens with one attached hydrogen (secondary N) is 2. The van der Waals surface area contributed by atoms with Crippen molar-refractivity contribution in [1.82, 2.24) is 20.4 Å². The summed E-state index contributed by atoms with van der Waals surface area (Å²) in [6, 6.07) is 0. The molecule has 170 valence electrons. The molecule has 0 aromatic heterocycles. The highest BCUT2D eigenvalue weighted by atomic mass is 127. The first-order valence-corrected chi connectivity index (χ1v) is 10.2. The lowest BCUT2D eigenvalue weighted by atomic mass is 9.84. The van der Waals surface area contributed by atoms with Crippen LogP contribution in [-0.4, -0.2) is 80.7 Å². The van der Waals surface area contributed by atoms with E-state index in [2.05, 4.69) is 15.6 Å². The maximum atomic E-state index is 12.7. The van der Waals surface area contributed by atoms with Gasteiger partial charge in [-0.05, 0) is 40.5 Å². The lowest BCUT2D eigenvalue weighted by Crippen LogP contribution is -2.50. The van der Waals surface area contributed by atoms with E-state index in [1.165, 1.54) is 0 Å². The number of nitrogens with zero attached hydrogens (tertiary/aromatic N) is 3. The monoisotopic (exact) mass is 525 g/mol. The van der Waals surface area contributed by atoms with Crippen LogP contribution in [0.25, 0.3) is 0 Å². The van der Waals surface area contributed by atoms with E-state index < -0.39 is 5.60 Å². The van der Waals surface area contributed by atoms with Gasteiger partial charge in [0.05, 0.1) is 5.41 Å². The normalized spacial score (nSPS) is 15.9. The van der Waals surface area contributed by atoms with Crippen molar-refractivity contribution in [1.29, 1.82) is 0 Å². The fourth-order valence-electron chi connectivity index (χ4n) is 3.48. The van der Waals surface area contributed by atoms with Gasteiger partial charge < -0.3 is 25.2 Å². The average molecular weight is 525 g/mol. The third-order valence-corrected chi connectivity index (χ3v) is 4.95. The highest BCUT2D eigenvalue weighted by Crippen LogP contribution is 2.38. The second kappa shape index (κ2) is 12.4. The Morgan fingerprint density at radius 2 is 1.72 bits per heavy atom. The molecule has 1 rings (SSSR count). The first-order valence-electron chi connectivity index (χ1n) is 10.2. The largest absolute Gasteiger partial charge is 0.444 e. The number of guanidine groups is 1. The molecule has 0 spiro atoms. The van der Waals surface area contributed by atoms with Crippen LogP contribution in [0, 0.1) is 5.41 Å². The van der Waals surface area contributed by atoms with Gasteiger partial charge in [-0.15, -0.1) is 24.0 Å². The molecule has 0 aromatic rings. The van der Waals surface area contributed by atoms with E-state index in [4.69, 9.17) is 4.74 Å². The summed E-state index contributed by atoms with van der Waals surface area (Å²) >= 11 is 0. The van der Waals surface area contributed by atoms with Crippen LogP contribution in [0.5, 0.6) is 0 Å². The minimum Gasteiger partial charge on any atom is -0.444 e. The van der Waals surface area contributed by atoms with Gasteiger partial charge in [-0.1, -0.05) is 12.8 Å². The third-order valence-electron chi connectivity index (χ3n) is 4.95. The molecule has 29 heavy (non-hydrogen) atoms. The summed E-state index contributed by atoms with van der Waals surface area (Å²) in [6.07, 6.45) is 3.64. The van der Waals surface area contributed by atoms with Gasteiger partial charge >= 0.3 is 6.09 Å². The zero-order chi connectivity index (χ0) is 21.4. The minimum atomic E-state index is -0.510. The molecule has 0 aromatic carbocycles. The molecule has 0 atom stereocenters. The van der Waals surface area contributed by atoms with E-state index in [0.717, 1.165) is 25.7 Å². The Morgan fingerprint density at radius 1 is 1.14 bits per heavy atom. The molecular formula is C20H40IN5O3. The molecule has 1 aliphatic rings. The molecule has 1 aliphatic carbocycles. The standard InChI is InChI=1S/C20H39N5O3.HI/c1-8-25(18(27)28-19(2,3)4)14-13-22-17(21-5)23-15-20(11-9-10-12-20)16(26)24(6)7;/h8-15H2,1-7H3,(H2,21,22,23);1H. The van der Waals surface area contributed by atoms with E-state index in [9.17, 15) is 9.59 Å². The Balaban J connectivity index is 0.00000784. The molecule has 2 N–H and O–H groups in total. The number of rotatable bonds is 7. The zero-order valence-corrected chi connectivity index (χ0v) is 21.5. The number of hydrogen-bond acceptors (Lipinski definition) is 4. The second-order valence-electron chi connectivity index (χ2n) is 8.60. The number of aliphatic imine (C=N–C) groups is 1. The first kappa shape index (κ1) is 27.7. The lowest BCUT2D eigenvalue weighted by Gasteiger charge is -2.31. The summed E-state index contributed by atoms with van der Waals surface area (Å²) in [5, 5.41) is 6.53. The number of halogens is 1. The van der Waals surface area contributed by atoms with Gasteiger partial charge in [0, 0.05) is 47.3 Å². The van der Waals surface area contributed by atoms with Crippen LogP contribution in [-0.2, 0) is 9.53 Å². The zero-order valence-electron chi connectivity index (χ0n) is 19.1. The Morgan fingerprint density at radius 3 is 2.17 bits per heavy atom. The molecule has 0 unspecified atom stereocenters. The summed E-state index contributed by atoms with van der Waals surface area (Å²) in [5.74, 6) is 0.813. The van der Waals surface area contributed by atoms with Crippen molar-refractivity contribution in [3.8, 4) is 0 Å². The van der Waals surface area contributed by atoms with Crippen LogP contribution in [0.3, 0.4) is 0 Å². The number of carbonyl (C=O) groups excluding carboxylic acids is 2. The van der Waals surface area contributed by atoms with Crippen molar-refractivity contribution in [2.24, 2.45) is 10.4 Å². The van der Waals surface area contributed by atoms with E-state index >= 15 is 0 Å². The van der Waals surface area contributed by atoms with E-state index in [1.807, 2.05) is 41.8 Å². The number of hydrogen-bond donors (Lipinski definition) is 2. The highest BCUT2D eigenvalue weighted by molar-refractivity contribution is 14.0. The van der Waals surface area contributed by atoms with Crippen molar-refractivity contribution >= 4 is 41.9 Å². The molecule has 0 heterocycles. The van der Waals surface area contributed by atoms with Crippen molar-refractivity contribution in [3.05, 3.63) is 0 Å². The maximum absolute atomic E-state index is 12.7. The van der Waals surface area contributed by atoms with Gasteiger partial charge in [-0.2, -0.15) is 0 Å². The van der Waals surface area contributed by atoms with E-state index in [-0.39, 0.29) is 41.4 Å². The fraction of sp³-hybridized carbons (Fsp3) is 0.850. The van der Waals surface area contributed by atoms with E-state index in [1.54, 1.807) is 16.8 Å². The molecule has 0 saturated heterocycles. The summed E-state index contributed by atoms with van der Waals surface area (Å²) in [7, 11) is 5.33. The van der Waals surface area contributed by atoms with Gasteiger partial charge in [-0.3, -0.25) is 9.79 Å². The molecule has 1 saturated carbocycles. The van der Waals surface area contributed by atoms with Crippen molar-refractivity contribution in [2.75, 3.05) is 47.3 Å². The molecule has 8 nitrogen and oxygen atoms in total. The number of likely N-dealkylation sites (N-methyl/N-ethyl adjacent to an activating group) is 1. The van der Waals surface area contributed by atoms with Gasteiger partial charge in [0.1, 0.15) is 5.60 Å². The highest BCUT2D eigenvalue weighted by Gasteiger charge is 2.42. The topological polar surface area (TPSA) is 86.3 Å². The van der Waals surface area contributed by atoms with Crippen LogP contribution >= 0.6 is 24.0 Å². The smallest absolute Gasteiger partial charge is 0.410 e. The molecule has 0 bridgehead atoms. The molecule has 9 heteroatoms. The van der Waals surface area contributed by atoms with Crippen LogP contribution in [0.15, 0.2) is 4.99 Å². The minimum absolute atomic E-state index is 0. The van der Waals surface area contributed by atoms with Gasteiger partial charge in [0.2, 0.25) is 5.91 Å². The Bertz CT molecular complexity index is 555. The summed E-state index contributed by atoms with van der Waals surface area (Å²) in [4.78, 5) is 32.5. The molecule has 1 fully saturated rings. The van der Waals surface area contributed by atoms with Gasteiger partial charge in [-0.25, -0.2) is 4.79 Å². The summed E-state index contributed by atoms with van der Waals surface area (Å²) in [5.41, 5.74) is -0.864. The van der Waals surface area contributed by atoms with Crippen molar-refractivity contribution < 1.29 is 14.3 Å². The second-order valence-corrected chi connectivity index (χ2v) is 8.60. The molecule has 0 radical (unpaired) electrons. The van der Waals surface area contributed by atoms with Crippen LogP contribution in [0.4, 0.5) is 4.79 Å². The number of amides is 2. The SMILES string of the molecule is CCN(CCNC(=NC)NCC1(C(=O)N(C)C)CCCC1)C(=O)OC(C)(C)C.I. The van der Waals surface area contributed by atoms with Crippen LogP contribution < -0.4 is 10.6 Å². The van der Waals surface area contributed by atoms with Crippen molar-refractivity contribution in [2.45, 2.75) is 59.0 Å². The quantitative estimate of drug-likeness (QED) is 0.303. The molecular weight excluding hydrogens is 485 g/mol. The first-order chi connectivity index (χ1) is 13.0.